The van der Waals surface area contributed by atoms with Gasteiger partial charge in [-0.05, 0) is 48.5 Å². The summed E-state index contributed by atoms with van der Waals surface area (Å²) >= 11 is 1.43. The molecule has 0 saturated carbocycles. The number of benzene rings is 3. The molecule has 3 aromatic rings. The van der Waals surface area contributed by atoms with Gasteiger partial charge in [0.05, 0.1) is 5.69 Å². The number of anilines is 1. The van der Waals surface area contributed by atoms with Crippen LogP contribution in [0.1, 0.15) is 0 Å². The summed E-state index contributed by atoms with van der Waals surface area (Å²) in [6.45, 7) is 0. The van der Waals surface area contributed by atoms with Crippen molar-refractivity contribution >= 4 is 23.5 Å². The number of rotatable bonds is 4. The first kappa shape index (κ1) is 16.1. The van der Waals surface area contributed by atoms with Crippen molar-refractivity contribution in [2.45, 2.75) is 9.79 Å². The summed E-state index contributed by atoms with van der Waals surface area (Å²) in [5.41, 5.74) is 0.632. The monoisotopic (exact) mass is 339 g/mol. The van der Waals surface area contributed by atoms with Gasteiger partial charge >= 0.3 is 6.09 Å². The van der Waals surface area contributed by atoms with Crippen molar-refractivity contribution in [3.8, 4) is 5.75 Å². The van der Waals surface area contributed by atoms with E-state index < -0.39 is 6.09 Å². The van der Waals surface area contributed by atoms with Gasteiger partial charge in [-0.2, -0.15) is 0 Å². The number of halogens is 1. The molecule has 0 unspecified atom stereocenters. The van der Waals surface area contributed by atoms with Gasteiger partial charge in [0.15, 0.2) is 0 Å². The van der Waals surface area contributed by atoms with Crippen LogP contribution >= 0.6 is 11.8 Å². The maximum Gasteiger partial charge on any atom is 0.417 e. The molecule has 1 N–H and O–H groups in total. The third-order valence-corrected chi connectivity index (χ3v) is 4.20. The molecule has 0 heterocycles. The summed E-state index contributed by atoms with van der Waals surface area (Å²) in [5.74, 6) is 0.191. The molecule has 0 fully saturated rings. The predicted molar refractivity (Wildman–Crippen MR) is 93.1 cm³/mol. The van der Waals surface area contributed by atoms with Crippen LogP contribution in [0, 0.1) is 5.82 Å². The van der Waals surface area contributed by atoms with E-state index in [-0.39, 0.29) is 5.82 Å². The molecule has 0 aliphatic heterocycles. The molecule has 0 aromatic heterocycles. The highest BCUT2D eigenvalue weighted by Gasteiger charge is 2.09. The molecule has 3 nitrogen and oxygen atoms in total. The highest BCUT2D eigenvalue weighted by atomic mass is 32.2. The van der Waals surface area contributed by atoms with Gasteiger partial charge in [-0.25, -0.2) is 9.18 Å². The minimum Gasteiger partial charge on any atom is -0.410 e. The Kier molecular flexibility index (Phi) is 5.13. The molecule has 3 rings (SSSR count). The predicted octanol–water partition coefficient (Wildman–Crippen LogP) is 5.59. The zero-order valence-corrected chi connectivity index (χ0v) is 13.4. The van der Waals surface area contributed by atoms with Gasteiger partial charge in [0.1, 0.15) is 11.6 Å². The molecule has 0 aliphatic rings. The fourth-order valence-corrected chi connectivity index (χ4v) is 2.92. The van der Waals surface area contributed by atoms with Crippen LogP contribution in [0.4, 0.5) is 14.9 Å². The van der Waals surface area contributed by atoms with Crippen molar-refractivity contribution in [2.24, 2.45) is 0 Å². The molecular weight excluding hydrogens is 325 g/mol. The Labute approximate surface area is 143 Å². The fraction of sp³-hybridized carbons (Fsp3) is 0. The number of carbonyl (C=O) groups is 1. The highest BCUT2D eigenvalue weighted by Crippen LogP contribution is 2.33. The molecule has 0 spiro atoms. The number of carbonyl (C=O) groups excluding carboxylic acids is 1. The Morgan fingerprint density at radius 2 is 1.54 bits per heavy atom. The van der Waals surface area contributed by atoms with E-state index in [1.165, 1.54) is 23.9 Å². The molecule has 3 aromatic carbocycles. The summed E-state index contributed by atoms with van der Waals surface area (Å²) in [6, 6.07) is 22.4. The maximum absolute atomic E-state index is 13.0. The second-order valence-corrected chi connectivity index (χ2v) is 6.00. The lowest BCUT2D eigenvalue weighted by Gasteiger charge is -2.11. The van der Waals surface area contributed by atoms with E-state index in [0.717, 1.165) is 9.79 Å². The van der Waals surface area contributed by atoms with Crippen molar-refractivity contribution in [1.82, 2.24) is 0 Å². The fourth-order valence-electron chi connectivity index (χ4n) is 2.02. The van der Waals surface area contributed by atoms with Gasteiger partial charge in [-0.15, -0.1) is 0 Å². The smallest absolute Gasteiger partial charge is 0.410 e. The number of para-hydroxylation sites is 2. The van der Waals surface area contributed by atoms with E-state index in [1.54, 1.807) is 42.5 Å². The van der Waals surface area contributed by atoms with E-state index in [9.17, 15) is 9.18 Å². The van der Waals surface area contributed by atoms with E-state index >= 15 is 0 Å². The van der Waals surface area contributed by atoms with E-state index in [1.807, 2.05) is 24.3 Å². The minimum atomic E-state index is -0.562. The largest absolute Gasteiger partial charge is 0.417 e. The van der Waals surface area contributed by atoms with Crippen LogP contribution in [-0.2, 0) is 0 Å². The first-order valence-electron chi connectivity index (χ1n) is 7.27. The van der Waals surface area contributed by atoms with Gasteiger partial charge in [0, 0.05) is 9.79 Å². The van der Waals surface area contributed by atoms with E-state index in [0.29, 0.717) is 11.4 Å². The standard InChI is InChI=1S/C19H14FNO2S/c20-14-10-12-16(13-11-14)24-18-9-5-4-8-17(18)21-19(22)23-15-6-2-1-3-7-15/h1-13H,(H,21,22). The van der Waals surface area contributed by atoms with Crippen LogP contribution in [0.5, 0.6) is 5.75 Å². The number of ether oxygens (including phenoxy) is 1. The van der Waals surface area contributed by atoms with Crippen molar-refractivity contribution in [2.75, 3.05) is 5.32 Å². The summed E-state index contributed by atoms with van der Waals surface area (Å²) in [6.07, 6.45) is -0.562. The Balaban J connectivity index is 1.71. The molecule has 24 heavy (non-hydrogen) atoms. The topological polar surface area (TPSA) is 38.3 Å². The van der Waals surface area contributed by atoms with Gasteiger partial charge in [0.2, 0.25) is 0 Å². The first-order chi connectivity index (χ1) is 11.7. The molecule has 5 heteroatoms. The zero-order chi connectivity index (χ0) is 16.8. The van der Waals surface area contributed by atoms with Crippen LogP contribution < -0.4 is 10.1 Å². The summed E-state index contributed by atoms with van der Waals surface area (Å²) in [4.78, 5) is 13.8. The molecule has 1 amide bonds. The lowest BCUT2D eigenvalue weighted by Crippen LogP contribution is -2.17. The van der Waals surface area contributed by atoms with Crippen LogP contribution in [-0.4, -0.2) is 6.09 Å². The molecule has 120 valence electrons. The second kappa shape index (κ2) is 7.66. The van der Waals surface area contributed by atoms with Crippen molar-refractivity contribution < 1.29 is 13.9 Å². The van der Waals surface area contributed by atoms with Crippen LogP contribution in [0.15, 0.2) is 88.7 Å². The van der Waals surface area contributed by atoms with E-state index in [2.05, 4.69) is 5.32 Å². The summed E-state index contributed by atoms with van der Waals surface area (Å²) < 4.78 is 18.2. The van der Waals surface area contributed by atoms with Crippen molar-refractivity contribution in [1.29, 1.82) is 0 Å². The molecule has 0 bridgehead atoms. The third-order valence-electron chi connectivity index (χ3n) is 3.12. The molecular formula is C19H14FNO2S. The summed E-state index contributed by atoms with van der Waals surface area (Å²) in [7, 11) is 0. The molecule has 0 radical (unpaired) electrons. The Morgan fingerprint density at radius 1 is 0.875 bits per heavy atom. The zero-order valence-electron chi connectivity index (χ0n) is 12.6. The number of hydrogen-bond donors (Lipinski definition) is 1. The normalized spacial score (nSPS) is 10.2. The number of nitrogens with one attached hydrogen (secondary N) is 1. The number of amides is 1. The quantitative estimate of drug-likeness (QED) is 0.673. The van der Waals surface area contributed by atoms with Gasteiger partial charge in [-0.1, -0.05) is 42.1 Å². The molecule has 0 saturated heterocycles. The lowest BCUT2D eigenvalue weighted by molar-refractivity contribution is 0.215. The van der Waals surface area contributed by atoms with Crippen LogP contribution in [0.2, 0.25) is 0 Å². The Hall–Kier alpha value is -2.79. The lowest BCUT2D eigenvalue weighted by atomic mass is 10.3. The average Bonchev–Trinajstić information content (AvgIpc) is 2.59. The SMILES string of the molecule is O=C(Nc1ccccc1Sc1ccc(F)cc1)Oc1ccccc1. The Morgan fingerprint density at radius 3 is 2.29 bits per heavy atom. The van der Waals surface area contributed by atoms with Gasteiger partial charge in [-0.3, -0.25) is 5.32 Å². The minimum absolute atomic E-state index is 0.280. The average molecular weight is 339 g/mol. The Bertz CT molecular complexity index is 822. The van der Waals surface area contributed by atoms with Gasteiger partial charge in [0.25, 0.3) is 0 Å². The number of hydrogen-bond acceptors (Lipinski definition) is 3. The van der Waals surface area contributed by atoms with Crippen LogP contribution in [0.3, 0.4) is 0 Å². The first-order valence-corrected chi connectivity index (χ1v) is 8.09. The highest BCUT2D eigenvalue weighted by molar-refractivity contribution is 7.99. The molecule has 0 atom stereocenters. The van der Waals surface area contributed by atoms with Crippen molar-refractivity contribution in [3.05, 3.63) is 84.7 Å². The third kappa shape index (κ3) is 4.36. The van der Waals surface area contributed by atoms with Gasteiger partial charge < -0.3 is 4.74 Å². The van der Waals surface area contributed by atoms with E-state index in [4.69, 9.17) is 4.74 Å². The summed E-state index contributed by atoms with van der Waals surface area (Å²) in [5, 5.41) is 2.73. The van der Waals surface area contributed by atoms with Crippen LogP contribution in [0.25, 0.3) is 0 Å². The molecule has 0 aliphatic carbocycles. The maximum atomic E-state index is 13.0. The second-order valence-electron chi connectivity index (χ2n) is 4.88. The van der Waals surface area contributed by atoms with Crippen molar-refractivity contribution in [3.63, 3.8) is 0 Å².